The molecule has 8 N–H and O–H groups in total. The van der Waals surface area contributed by atoms with Gasteiger partial charge in [0.25, 0.3) is 11.8 Å². The smallest absolute Gasteiger partial charge is 0.253 e. The van der Waals surface area contributed by atoms with Gasteiger partial charge in [0.15, 0.2) is 0 Å². The summed E-state index contributed by atoms with van der Waals surface area (Å²) in [5.41, 5.74) is 25.0. The number of aryl methyl sites for hydroxylation is 2. The summed E-state index contributed by atoms with van der Waals surface area (Å²) in [5.74, 6) is 13.7. The maximum absolute atomic E-state index is 13.0. The molecule has 0 saturated carbocycles. The Morgan fingerprint density at radius 2 is 1.28 bits per heavy atom. The highest BCUT2D eigenvalue weighted by molar-refractivity contribution is 6.31. The Bertz CT molecular complexity index is 2680. The molecular weight excluding hydrogens is 776 g/mol. The van der Waals surface area contributed by atoms with E-state index in [9.17, 15) is 9.59 Å². The number of amides is 2. The van der Waals surface area contributed by atoms with Crippen molar-refractivity contribution in [3.8, 4) is 46.2 Å². The molecule has 302 valence electrons. The number of likely N-dealkylation sites (tertiary alicyclic amines) is 1. The van der Waals surface area contributed by atoms with Gasteiger partial charge in [0.2, 0.25) is 11.9 Å². The number of anilines is 4. The first-order valence-corrected chi connectivity index (χ1v) is 19.4. The second kappa shape index (κ2) is 19.3. The number of pyridine rings is 2. The monoisotopic (exact) mass is 818 g/mol. The Labute approximate surface area is 353 Å². The number of halogens is 1. The van der Waals surface area contributed by atoms with Gasteiger partial charge in [-0.15, -0.1) is 0 Å². The summed E-state index contributed by atoms with van der Waals surface area (Å²) in [7, 11) is 3.35. The first kappa shape index (κ1) is 42.1. The molecular formula is C45H43ClN12O2. The quantitative estimate of drug-likeness (QED) is 0.128. The van der Waals surface area contributed by atoms with Crippen molar-refractivity contribution in [3.63, 3.8) is 0 Å². The summed E-state index contributed by atoms with van der Waals surface area (Å²) < 4.78 is 0. The molecule has 0 atom stereocenters. The third-order valence-corrected chi connectivity index (χ3v) is 9.59. The van der Waals surface area contributed by atoms with Crippen LogP contribution in [0, 0.1) is 37.5 Å². The normalized spacial score (nSPS) is 11.8. The van der Waals surface area contributed by atoms with Crippen molar-refractivity contribution in [3.05, 3.63) is 129 Å². The summed E-state index contributed by atoms with van der Waals surface area (Å²) in [4.78, 5) is 52.6. The highest BCUT2D eigenvalue weighted by Crippen LogP contribution is 2.29. The van der Waals surface area contributed by atoms with Gasteiger partial charge in [-0.2, -0.15) is 0 Å². The van der Waals surface area contributed by atoms with Gasteiger partial charge >= 0.3 is 0 Å². The van der Waals surface area contributed by atoms with Gasteiger partial charge in [-0.3, -0.25) is 9.59 Å². The van der Waals surface area contributed by atoms with Crippen LogP contribution in [0.25, 0.3) is 22.5 Å². The standard InChI is InChI=1S/C24H24N6O.C21H19ClN6O/c1-16-20(10-8-17-9-11-21(25)27-15-17)22(29-24(26)28-16)18-6-5-7-19(14-18)23(31)30-12-3-2-4-13-30;1-12-17(6-4-13-5-7-18(24-2)26-11-13)19(28-21(23)27-12)14-8-15(20(29)25-3)10-16(22)9-14/h5-7,9,11,14-15H,2-4,12-13H2,1H3,(H2,25,27)(H2,26,28,29);5,7-11H,1-3H3,(H,24,26)(H,25,29)(H2,23,27,28). The predicted molar refractivity (Wildman–Crippen MR) is 236 cm³/mol. The molecule has 1 fully saturated rings. The van der Waals surface area contributed by atoms with Crippen molar-refractivity contribution >= 4 is 46.9 Å². The summed E-state index contributed by atoms with van der Waals surface area (Å²) in [5, 5.41) is 5.95. The predicted octanol–water partition coefficient (Wildman–Crippen LogP) is 5.92. The minimum atomic E-state index is -0.254. The maximum Gasteiger partial charge on any atom is 0.253 e. The van der Waals surface area contributed by atoms with Crippen LogP contribution >= 0.6 is 11.6 Å². The van der Waals surface area contributed by atoms with E-state index in [1.807, 2.05) is 48.2 Å². The van der Waals surface area contributed by atoms with Crippen molar-refractivity contribution in [1.82, 2.24) is 40.1 Å². The molecule has 14 nitrogen and oxygen atoms in total. The fourth-order valence-electron chi connectivity index (χ4n) is 6.35. The second-order valence-electron chi connectivity index (χ2n) is 13.7. The van der Waals surface area contributed by atoms with Crippen LogP contribution in [-0.4, -0.2) is 73.8 Å². The minimum absolute atomic E-state index is 0.0425. The molecule has 0 radical (unpaired) electrons. The van der Waals surface area contributed by atoms with Crippen molar-refractivity contribution in [1.29, 1.82) is 0 Å². The molecule has 4 aromatic heterocycles. The molecule has 1 saturated heterocycles. The molecule has 0 spiro atoms. The average Bonchev–Trinajstić information content (AvgIpc) is 3.26. The molecule has 15 heteroatoms. The van der Waals surface area contributed by atoms with E-state index in [0.717, 1.165) is 48.4 Å². The van der Waals surface area contributed by atoms with Gasteiger partial charge in [0.1, 0.15) is 11.6 Å². The van der Waals surface area contributed by atoms with E-state index in [0.29, 0.717) is 61.4 Å². The molecule has 6 aromatic rings. The number of hydrogen-bond acceptors (Lipinski definition) is 12. The van der Waals surface area contributed by atoms with Crippen LogP contribution < -0.4 is 27.8 Å². The highest BCUT2D eigenvalue weighted by Gasteiger charge is 2.20. The van der Waals surface area contributed by atoms with Crippen molar-refractivity contribution < 1.29 is 9.59 Å². The summed E-state index contributed by atoms with van der Waals surface area (Å²) in [6.07, 6.45) is 6.57. The number of aromatic nitrogens is 6. The average molecular weight is 819 g/mol. The van der Waals surface area contributed by atoms with Gasteiger partial charge < -0.3 is 32.7 Å². The van der Waals surface area contributed by atoms with Crippen LogP contribution in [0.2, 0.25) is 5.02 Å². The van der Waals surface area contributed by atoms with E-state index in [2.05, 4.69) is 64.2 Å². The number of rotatable bonds is 5. The lowest BCUT2D eigenvalue weighted by atomic mass is 10.0. The molecule has 0 bridgehead atoms. The van der Waals surface area contributed by atoms with Crippen LogP contribution in [0.4, 0.5) is 23.5 Å². The van der Waals surface area contributed by atoms with Crippen LogP contribution in [0.15, 0.2) is 79.1 Å². The van der Waals surface area contributed by atoms with Crippen LogP contribution in [0.3, 0.4) is 0 Å². The summed E-state index contributed by atoms with van der Waals surface area (Å²) in [6.45, 7) is 5.25. The summed E-state index contributed by atoms with van der Waals surface area (Å²) >= 11 is 6.23. The van der Waals surface area contributed by atoms with Crippen LogP contribution in [-0.2, 0) is 0 Å². The van der Waals surface area contributed by atoms with Crippen molar-refractivity contribution in [2.75, 3.05) is 49.7 Å². The molecule has 0 unspecified atom stereocenters. The number of hydrogen-bond donors (Lipinski definition) is 5. The van der Waals surface area contributed by atoms with E-state index in [4.69, 9.17) is 28.8 Å². The Morgan fingerprint density at radius 3 is 1.85 bits per heavy atom. The Balaban J connectivity index is 0.000000202. The SMILES string of the molecule is CNC(=O)c1cc(Cl)cc(-c2nc(N)nc(C)c2C#Cc2ccc(NC)nc2)c1.Cc1nc(N)nc(-c2cccc(C(=O)N3CCCCC3)c2)c1C#Cc1ccc(N)nc1. The second-order valence-corrected chi connectivity index (χ2v) is 14.1. The van der Waals surface area contributed by atoms with Gasteiger partial charge in [-0.25, -0.2) is 29.9 Å². The fourth-order valence-corrected chi connectivity index (χ4v) is 6.59. The maximum atomic E-state index is 13.0. The zero-order chi connectivity index (χ0) is 42.8. The number of piperidine rings is 1. The number of carbonyl (C=O) groups excluding carboxylic acids is 2. The van der Waals surface area contributed by atoms with Gasteiger partial charge in [-0.05, 0) is 87.7 Å². The Morgan fingerprint density at radius 1 is 0.683 bits per heavy atom. The first-order chi connectivity index (χ1) is 28.9. The van der Waals surface area contributed by atoms with Crippen LogP contribution in [0.5, 0.6) is 0 Å². The number of nitrogens with two attached hydrogens (primary N) is 3. The van der Waals surface area contributed by atoms with Gasteiger partial charge in [0, 0.05) is 78.0 Å². The zero-order valence-corrected chi connectivity index (χ0v) is 34.4. The third-order valence-electron chi connectivity index (χ3n) is 9.37. The Hall–Kier alpha value is -7.55. The molecule has 5 heterocycles. The molecule has 7 rings (SSSR count). The van der Waals surface area contributed by atoms with Crippen LogP contribution in [0.1, 0.15) is 73.6 Å². The molecule has 0 aliphatic carbocycles. The number of nitrogens with one attached hydrogen (secondary N) is 2. The first-order valence-electron chi connectivity index (χ1n) is 19.0. The summed E-state index contributed by atoms with van der Waals surface area (Å²) in [6, 6.07) is 19.7. The number of nitrogens with zero attached hydrogens (tertiary/aromatic N) is 7. The minimum Gasteiger partial charge on any atom is -0.384 e. The zero-order valence-electron chi connectivity index (χ0n) is 33.6. The van der Waals surface area contributed by atoms with Crippen molar-refractivity contribution in [2.45, 2.75) is 33.1 Å². The number of nitrogen functional groups attached to an aromatic ring is 3. The third kappa shape index (κ3) is 10.5. The van der Waals surface area contributed by atoms with Crippen molar-refractivity contribution in [2.24, 2.45) is 0 Å². The lowest BCUT2D eigenvalue weighted by Gasteiger charge is -2.26. The number of carbonyl (C=O) groups is 2. The van der Waals surface area contributed by atoms with E-state index < -0.39 is 0 Å². The molecule has 1 aliphatic rings. The fraction of sp³-hybridized carbons (Fsp3) is 0.200. The largest absolute Gasteiger partial charge is 0.384 e. The molecule has 2 amide bonds. The van der Waals surface area contributed by atoms with Gasteiger partial charge in [0.05, 0.1) is 33.9 Å². The lowest BCUT2D eigenvalue weighted by molar-refractivity contribution is 0.0724. The van der Waals surface area contributed by atoms with E-state index in [-0.39, 0.29) is 23.7 Å². The van der Waals surface area contributed by atoms with Gasteiger partial charge in [-0.1, -0.05) is 47.4 Å². The molecule has 2 aromatic carbocycles. The number of benzene rings is 2. The van der Waals surface area contributed by atoms with E-state index in [1.165, 1.54) is 6.42 Å². The Kier molecular flexibility index (Phi) is 13.5. The van der Waals surface area contributed by atoms with E-state index in [1.54, 1.807) is 63.7 Å². The highest BCUT2D eigenvalue weighted by atomic mass is 35.5. The topological polar surface area (TPSA) is 217 Å². The lowest BCUT2D eigenvalue weighted by Crippen LogP contribution is -2.35. The molecule has 1 aliphatic heterocycles. The molecule has 60 heavy (non-hydrogen) atoms. The van der Waals surface area contributed by atoms with E-state index >= 15 is 0 Å².